The van der Waals surface area contributed by atoms with E-state index in [1.54, 1.807) is 20.8 Å². The number of amides is 5. The number of hydrogen-bond donors (Lipinski definition) is 3. The summed E-state index contributed by atoms with van der Waals surface area (Å²) in [7, 11) is -3.93. The molecule has 3 fully saturated rings. The van der Waals surface area contributed by atoms with E-state index in [1.807, 2.05) is 12.2 Å². The van der Waals surface area contributed by atoms with Crippen LogP contribution in [0.4, 0.5) is 9.59 Å². The number of allylic oxidation sites excluding steroid dienone is 1. The van der Waals surface area contributed by atoms with E-state index in [4.69, 9.17) is 10.5 Å². The van der Waals surface area contributed by atoms with Gasteiger partial charge in [0.05, 0.1) is 0 Å². The van der Waals surface area contributed by atoms with Crippen molar-refractivity contribution in [3.8, 4) is 0 Å². The van der Waals surface area contributed by atoms with Gasteiger partial charge in [-0.2, -0.15) is 0 Å². The molecule has 0 aromatic carbocycles. The van der Waals surface area contributed by atoms with Crippen LogP contribution in [0.25, 0.3) is 0 Å². The Morgan fingerprint density at radius 3 is 2.38 bits per heavy atom. The third kappa shape index (κ3) is 7.27. The van der Waals surface area contributed by atoms with Crippen molar-refractivity contribution in [2.45, 2.75) is 133 Å². The normalized spacial score (nSPS) is 30.6. The van der Waals surface area contributed by atoms with Crippen LogP contribution in [0.1, 0.15) is 104 Å². The van der Waals surface area contributed by atoms with E-state index < -0.39 is 56.5 Å². The lowest BCUT2D eigenvalue weighted by Crippen LogP contribution is -2.60. The number of carbonyl (C=O) groups is 4. The molecular formula is C29H47N5O7S. The van der Waals surface area contributed by atoms with Crippen LogP contribution in [0.15, 0.2) is 12.2 Å². The summed E-state index contributed by atoms with van der Waals surface area (Å²) in [5.41, 5.74) is 4.69. The molecule has 4 rings (SSSR count). The minimum atomic E-state index is -3.93. The second-order valence-corrected chi connectivity index (χ2v) is 15.1. The quantitative estimate of drug-likeness (QED) is 0.411. The second kappa shape index (κ2) is 12.9. The van der Waals surface area contributed by atoms with E-state index in [1.165, 1.54) is 4.90 Å². The van der Waals surface area contributed by atoms with E-state index in [-0.39, 0.29) is 31.3 Å². The molecule has 13 heteroatoms. The molecule has 4 atom stereocenters. The highest BCUT2D eigenvalue weighted by molar-refractivity contribution is 7.91. The van der Waals surface area contributed by atoms with Gasteiger partial charge in [0.15, 0.2) is 4.87 Å². The first kappa shape index (κ1) is 32.2. The Hall–Kier alpha value is -2.67. The number of primary amides is 1. The number of nitrogens with one attached hydrogen (secondary N) is 2. The van der Waals surface area contributed by atoms with Crippen molar-refractivity contribution >= 4 is 34.0 Å². The standard InChI is InChI=1S/C29H47N5O7S/c1-28(2,3)41-27(38)34(26(30)37)23-16-11-6-4-5-8-13-20-19-29(20,42(39,40)32-21-14-9-7-10-15-21)31-24(35)22-17-12-18-33(22)25(23)36/h8,13,20-23,32H,4-7,9-12,14-19H2,1-3H3,(H2,30,37)(H,31,35)/b13-8-. The van der Waals surface area contributed by atoms with Gasteiger partial charge in [-0.1, -0.05) is 44.3 Å². The van der Waals surface area contributed by atoms with Gasteiger partial charge in [-0.3, -0.25) is 9.59 Å². The number of nitrogens with two attached hydrogens (primary N) is 1. The Balaban J connectivity index is 1.62. The molecule has 1 saturated heterocycles. The van der Waals surface area contributed by atoms with E-state index >= 15 is 0 Å². The summed E-state index contributed by atoms with van der Waals surface area (Å²) >= 11 is 0. The fourth-order valence-corrected chi connectivity index (χ4v) is 8.42. The molecule has 236 valence electrons. The lowest BCUT2D eigenvalue weighted by molar-refractivity contribution is -0.142. The zero-order chi connectivity index (χ0) is 30.7. The number of sulfonamides is 1. The summed E-state index contributed by atoms with van der Waals surface area (Å²) in [5.74, 6) is -1.50. The molecule has 5 amide bonds. The molecule has 42 heavy (non-hydrogen) atoms. The second-order valence-electron chi connectivity index (χ2n) is 13.1. The maximum absolute atomic E-state index is 14.0. The number of ether oxygens (including phenoxy) is 1. The summed E-state index contributed by atoms with van der Waals surface area (Å²) in [6, 6.07) is -3.45. The molecule has 2 aliphatic carbocycles. The van der Waals surface area contributed by atoms with E-state index in [0.29, 0.717) is 37.0 Å². The molecule has 0 radical (unpaired) electrons. The average molecular weight is 610 g/mol. The van der Waals surface area contributed by atoms with Gasteiger partial charge in [-0.25, -0.2) is 27.6 Å². The summed E-state index contributed by atoms with van der Waals surface area (Å²) in [6.45, 7) is 5.18. The lowest BCUT2D eigenvalue weighted by atomic mass is 9.96. The van der Waals surface area contributed by atoms with E-state index in [9.17, 15) is 27.6 Å². The summed E-state index contributed by atoms with van der Waals surface area (Å²) < 4.78 is 35.8. The van der Waals surface area contributed by atoms with Crippen molar-refractivity contribution in [2.75, 3.05) is 6.54 Å². The van der Waals surface area contributed by atoms with Crippen molar-refractivity contribution in [3.63, 3.8) is 0 Å². The smallest absolute Gasteiger partial charge is 0.419 e. The Morgan fingerprint density at radius 1 is 1.05 bits per heavy atom. The monoisotopic (exact) mass is 609 g/mol. The minimum Gasteiger partial charge on any atom is -0.443 e. The zero-order valence-electron chi connectivity index (χ0n) is 25.1. The zero-order valence-corrected chi connectivity index (χ0v) is 25.9. The van der Waals surface area contributed by atoms with Crippen LogP contribution in [0.3, 0.4) is 0 Å². The third-order valence-electron chi connectivity index (χ3n) is 8.68. The SMILES string of the molecule is CC(C)(C)OC(=O)N(C(N)=O)C1CCCCC/C=C\C2CC2(S(=O)(=O)NC2CCCCC2)NC(=O)C2CCCN2C1=O. The number of hydrogen-bond acceptors (Lipinski definition) is 7. The highest BCUT2D eigenvalue weighted by Crippen LogP contribution is 2.49. The molecular weight excluding hydrogens is 562 g/mol. The van der Waals surface area contributed by atoms with Crippen molar-refractivity contribution in [1.29, 1.82) is 0 Å². The highest BCUT2D eigenvalue weighted by Gasteiger charge is 2.64. The van der Waals surface area contributed by atoms with Crippen molar-refractivity contribution in [1.82, 2.24) is 19.8 Å². The number of imide groups is 1. The number of rotatable bonds is 4. The van der Waals surface area contributed by atoms with Crippen LogP contribution in [-0.2, 0) is 24.3 Å². The number of fused-ring (bicyclic) bond motifs is 2. The molecule has 2 aliphatic heterocycles. The molecule has 0 aromatic rings. The topological polar surface area (TPSA) is 168 Å². The maximum Gasteiger partial charge on any atom is 0.419 e. The van der Waals surface area contributed by atoms with Crippen LogP contribution in [0.5, 0.6) is 0 Å². The fraction of sp³-hybridized carbons (Fsp3) is 0.793. The molecule has 0 bridgehead atoms. The predicted octanol–water partition coefficient (Wildman–Crippen LogP) is 3.27. The molecule has 2 heterocycles. The van der Waals surface area contributed by atoms with Gasteiger partial charge in [-0.05, 0) is 72.1 Å². The molecule has 4 N–H and O–H groups in total. The molecule has 0 spiro atoms. The van der Waals surface area contributed by atoms with Gasteiger partial charge >= 0.3 is 12.1 Å². The minimum absolute atomic E-state index is 0.158. The molecule has 0 aromatic heterocycles. The summed E-state index contributed by atoms with van der Waals surface area (Å²) in [5, 5.41) is 2.85. The largest absolute Gasteiger partial charge is 0.443 e. The van der Waals surface area contributed by atoms with Gasteiger partial charge in [0.2, 0.25) is 21.8 Å². The van der Waals surface area contributed by atoms with Crippen molar-refractivity contribution in [2.24, 2.45) is 11.7 Å². The first-order chi connectivity index (χ1) is 19.8. The highest BCUT2D eigenvalue weighted by atomic mass is 32.2. The lowest BCUT2D eigenvalue weighted by Gasteiger charge is -2.34. The Labute approximate surface area is 249 Å². The Kier molecular flexibility index (Phi) is 9.91. The van der Waals surface area contributed by atoms with Crippen LogP contribution in [0.2, 0.25) is 0 Å². The third-order valence-corrected chi connectivity index (χ3v) is 10.9. The first-order valence-corrected chi connectivity index (χ1v) is 16.9. The molecule has 12 nitrogen and oxygen atoms in total. The van der Waals surface area contributed by atoms with Gasteiger partial charge in [0, 0.05) is 18.5 Å². The predicted molar refractivity (Wildman–Crippen MR) is 156 cm³/mol. The van der Waals surface area contributed by atoms with E-state index in [0.717, 1.165) is 38.5 Å². The molecule has 4 unspecified atom stereocenters. The van der Waals surface area contributed by atoms with Gasteiger partial charge < -0.3 is 20.7 Å². The average Bonchev–Trinajstić information content (AvgIpc) is 3.37. The number of nitrogens with zero attached hydrogens (tertiary/aromatic N) is 2. The maximum atomic E-state index is 14.0. The van der Waals surface area contributed by atoms with Crippen molar-refractivity contribution in [3.05, 3.63) is 12.2 Å². The number of urea groups is 1. The van der Waals surface area contributed by atoms with Gasteiger partial charge in [0.25, 0.3) is 0 Å². The van der Waals surface area contributed by atoms with Crippen LogP contribution in [0, 0.1) is 5.92 Å². The van der Waals surface area contributed by atoms with Crippen LogP contribution < -0.4 is 15.8 Å². The fourth-order valence-electron chi connectivity index (χ4n) is 6.42. The van der Waals surface area contributed by atoms with Gasteiger partial charge in [0.1, 0.15) is 17.7 Å². The van der Waals surface area contributed by atoms with Crippen LogP contribution in [-0.4, -0.2) is 77.3 Å². The molecule has 2 saturated carbocycles. The summed E-state index contributed by atoms with van der Waals surface area (Å²) in [4.78, 5) is 53.9. The Morgan fingerprint density at radius 2 is 1.71 bits per heavy atom. The molecule has 4 aliphatic rings. The Bertz CT molecular complexity index is 1180. The van der Waals surface area contributed by atoms with Crippen LogP contribution >= 0.6 is 0 Å². The van der Waals surface area contributed by atoms with Crippen molar-refractivity contribution < 1.29 is 32.3 Å². The number of carbonyl (C=O) groups excluding carboxylic acids is 4. The van der Waals surface area contributed by atoms with Gasteiger partial charge in [-0.15, -0.1) is 0 Å². The first-order valence-electron chi connectivity index (χ1n) is 15.4. The summed E-state index contributed by atoms with van der Waals surface area (Å²) in [6.07, 6.45) is 11.3. The van der Waals surface area contributed by atoms with E-state index in [2.05, 4.69) is 10.0 Å².